The number of fused-ring (bicyclic) bond motifs is 1. The molecule has 4 nitrogen and oxygen atoms in total. The molecule has 2 saturated heterocycles. The Kier molecular flexibility index (Phi) is 3.86. The van der Waals surface area contributed by atoms with Crippen LogP contribution < -0.4 is 0 Å². The smallest absolute Gasteiger partial charge is 0.192 e. The number of hydrogen-bond donors (Lipinski definition) is 0. The maximum atomic E-state index is 6.44. The molecule has 0 aromatic carbocycles. The molecule has 2 rings (SSSR count). The molecule has 2 fully saturated rings. The summed E-state index contributed by atoms with van der Waals surface area (Å²) in [4.78, 5) is 0. The van der Waals surface area contributed by atoms with Gasteiger partial charge in [0.15, 0.2) is 20.4 Å². The summed E-state index contributed by atoms with van der Waals surface area (Å²) in [5.41, 5.74) is 0. The van der Waals surface area contributed by atoms with E-state index in [0.29, 0.717) is 0 Å². The molecule has 4 atom stereocenters. The third kappa shape index (κ3) is 2.81. The van der Waals surface area contributed by atoms with Crippen molar-refractivity contribution in [2.24, 2.45) is 0 Å². The molecule has 0 amide bonds. The van der Waals surface area contributed by atoms with Crippen LogP contribution in [0.5, 0.6) is 0 Å². The third-order valence-electron chi connectivity index (χ3n) is 4.39. The highest BCUT2D eigenvalue weighted by atomic mass is 28.4. The SMILES string of the molecule is C#CC1O[C@@H]2OC(C)(C)O[C@@H]2[C@H]1O[Si](C)(C)C(C)(C)C. The molecule has 2 heterocycles. The van der Waals surface area contributed by atoms with Crippen molar-refractivity contribution in [1.82, 2.24) is 0 Å². The van der Waals surface area contributed by atoms with Gasteiger partial charge in [0.2, 0.25) is 0 Å². The molecule has 0 aliphatic carbocycles. The average Bonchev–Trinajstić information content (AvgIpc) is 2.70. The van der Waals surface area contributed by atoms with E-state index in [1.54, 1.807) is 0 Å². The summed E-state index contributed by atoms with van der Waals surface area (Å²) in [5.74, 6) is 2.01. The minimum Gasteiger partial charge on any atom is -0.407 e. The van der Waals surface area contributed by atoms with Gasteiger partial charge in [-0.25, -0.2) is 0 Å². The predicted octanol–water partition coefficient (Wildman–Crippen LogP) is 2.89. The van der Waals surface area contributed by atoms with Crippen molar-refractivity contribution in [2.45, 2.75) is 83.1 Å². The van der Waals surface area contributed by atoms with Gasteiger partial charge in [0.1, 0.15) is 18.3 Å². The van der Waals surface area contributed by atoms with Crippen LogP contribution in [-0.2, 0) is 18.6 Å². The lowest BCUT2D eigenvalue weighted by Gasteiger charge is -2.39. The summed E-state index contributed by atoms with van der Waals surface area (Å²) >= 11 is 0. The Labute approximate surface area is 123 Å². The summed E-state index contributed by atoms with van der Waals surface area (Å²) in [5, 5.41) is 0.110. The summed E-state index contributed by atoms with van der Waals surface area (Å²) in [6.45, 7) is 14.8. The van der Waals surface area contributed by atoms with Crippen LogP contribution >= 0.6 is 0 Å². The third-order valence-corrected chi connectivity index (χ3v) is 8.87. The quantitative estimate of drug-likeness (QED) is 0.580. The zero-order valence-corrected chi connectivity index (χ0v) is 14.5. The zero-order chi connectivity index (χ0) is 15.3. The molecular weight excluding hydrogens is 272 g/mol. The van der Waals surface area contributed by atoms with Gasteiger partial charge in [-0.15, -0.1) is 6.42 Å². The highest BCUT2D eigenvalue weighted by Gasteiger charge is 2.57. The van der Waals surface area contributed by atoms with Crippen molar-refractivity contribution < 1.29 is 18.6 Å². The molecule has 0 aromatic heterocycles. The fraction of sp³-hybridized carbons (Fsp3) is 0.867. The van der Waals surface area contributed by atoms with Crippen LogP contribution in [-0.4, -0.2) is 38.7 Å². The first-order chi connectivity index (χ1) is 8.97. The predicted molar refractivity (Wildman–Crippen MR) is 79.6 cm³/mol. The molecule has 1 unspecified atom stereocenters. The van der Waals surface area contributed by atoms with Crippen LogP contribution in [0.3, 0.4) is 0 Å². The molecular formula is C15H26O4Si. The number of rotatable bonds is 2. The molecule has 0 bridgehead atoms. The molecule has 114 valence electrons. The van der Waals surface area contributed by atoms with Gasteiger partial charge in [-0.3, -0.25) is 0 Å². The first kappa shape index (κ1) is 16.0. The molecule has 0 radical (unpaired) electrons. The normalized spacial score (nSPS) is 36.7. The molecule has 20 heavy (non-hydrogen) atoms. The Balaban J connectivity index is 2.19. The highest BCUT2D eigenvalue weighted by Crippen LogP contribution is 2.43. The average molecular weight is 298 g/mol. The lowest BCUT2D eigenvalue weighted by atomic mass is 10.1. The maximum Gasteiger partial charge on any atom is 0.192 e. The van der Waals surface area contributed by atoms with Crippen LogP contribution in [0.25, 0.3) is 0 Å². The second-order valence-electron chi connectivity index (χ2n) is 7.53. The summed E-state index contributed by atoms with van der Waals surface area (Å²) in [6.07, 6.45) is 4.23. The van der Waals surface area contributed by atoms with E-state index < -0.39 is 26.5 Å². The Morgan fingerprint density at radius 1 is 1.20 bits per heavy atom. The first-order valence-electron chi connectivity index (χ1n) is 7.12. The summed E-state index contributed by atoms with van der Waals surface area (Å²) in [7, 11) is -1.95. The van der Waals surface area contributed by atoms with Gasteiger partial charge >= 0.3 is 0 Å². The Hall–Kier alpha value is -0.383. The standard InChI is InChI=1S/C15H26O4Si/c1-9-10-11(19-20(7,8)14(2,3)4)12-13(16-10)18-15(5,6)17-12/h1,10-13H,2-8H3/t10?,11-,12+,13+/m0/s1. The molecule has 2 aliphatic heterocycles. The van der Waals surface area contributed by atoms with E-state index in [1.807, 2.05) is 13.8 Å². The van der Waals surface area contributed by atoms with Gasteiger partial charge in [0, 0.05) is 0 Å². The van der Waals surface area contributed by atoms with E-state index in [4.69, 9.17) is 25.1 Å². The van der Waals surface area contributed by atoms with Crippen LogP contribution in [0.4, 0.5) is 0 Å². The second-order valence-corrected chi connectivity index (χ2v) is 12.3. The largest absolute Gasteiger partial charge is 0.407 e. The molecule has 0 saturated carbocycles. The van der Waals surface area contributed by atoms with Crippen molar-refractivity contribution in [1.29, 1.82) is 0 Å². The monoisotopic (exact) mass is 298 g/mol. The van der Waals surface area contributed by atoms with Gasteiger partial charge in [-0.2, -0.15) is 0 Å². The van der Waals surface area contributed by atoms with Crippen molar-refractivity contribution in [2.75, 3.05) is 0 Å². The lowest BCUT2D eigenvalue weighted by molar-refractivity contribution is -0.207. The molecule has 0 aromatic rings. The first-order valence-corrected chi connectivity index (χ1v) is 10.0. The number of ether oxygens (including phenoxy) is 3. The summed E-state index contributed by atoms with van der Waals surface area (Å²) in [6, 6.07) is 0. The van der Waals surface area contributed by atoms with Gasteiger partial charge in [-0.1, -0.05) is 26.7 Å². The Bertz CT molecular complexity index is 419. The van der Waals surface area contributed by atoms with Crippen molar-refractivity contribution in [3.8, 4) is 12.3 Å². The zero-order valence-electron chi connectivity index (χ0n) is 13.5. The second kappa shape index (κ2) is 4.82. The van der Waals surface area contributed by atoms with E-state index >= 15 is 0 Å². The minimum absolute atomic E-state index is 0.110. The lowest BCUT2D eigenvalue weighted by Crippen LogP contribution is -2.49. The van der Waals surface area contributed by atoms with Crippen LogP contribution in [0, 0.1) is 12.3 Å². The van der Waals surface area contributed by atoms with Crippen LogP contribution in [0.2, 0.25) is 18.1 Å². The van der Waals surface area contributed by atoms with E-state index in [9.17, 15) is 0 Å². The fourth-order valence-electron chi connectivity index (χ4n) is 2.26. The van der Waals surface area contributed by atoms with E-state index in [0.717, 1.165) is 0 Å². The topological polar surface area (TPSA) is 36.9 Å². The van der Waals surface area contributed by atoms with E-state index in [1.165, 1.54) is 0 Å². The highest BCUT2D eigenvalue weighted by molar-refractivity contribution is 6.74. The van der Waals surface area contributed by atoms with Crippen molar-refractivity contribution in [3.05, 3.63) is 0 Å². The summed E-state index contributed by atoms with van der Waals surface area (Å²) < 4.78 is 23.9. The Morgan fingerprint density at radius 3 is 2.30 bits per heavy atom. The van der Waals surface area contributed by atoms with E-state index in [2.05, 4.69) is 39.8 Å². The van der Waals surface area contributed by atoms with E-state index in [-0.39, 0.29) is 17.2 Å². The molecule has 5 heteroatoms. The molecule has 0 spiro atoms. The van der Waals surface area contributed by atoms with Crippen LogP contribution in [0.15, 0.2) is 0 Å². The van der Waals surface area contributed by atoms with Gasteiger partial charge in [0.05, 0.1) is 0 Å². The van der Waals surface area contributed by atoms with Crippen LogP contribution in [0.1, 0.15) is 34.6 Å². The van der Waals surface area contributed by atoms with Gasteiger partial charge in [0.25, 0.3) is 0 Å². The molecule has 0 N–H and O–H groups in total. The fourth-order valence-corrected chi connectivity index (χ4v) is 3.55. The van der Waals surface area contributed by atoms with Gasteiger partial charge < -0.3 is 18.6 Å². The Morgan fingerprint density at radius 2 is 1.80 bits per heavy atom. The van der Waals surface area contributed by atoms with Crippen molar-refractivity contribution >= 4 is 8.32 Å². The van der Waals surface area contributed by atoms with Gasteiger partial charge in [-0.05, 0) is 32.0 Å². The van der Waals surface area contributed by atoms with Crippen molar-refractivity contribution in [3.63, 3.8) is 0 Å². The maximum absolute atomic E-state index is 6.44. The minimum atomic E-state index is -1.95. The number of terminal acetylenes is 1. The number of hydrogen-bond acceptors (Lipinski definition) is 4. The molecule has 2 aliphatic rings.